The number of nitrogens with one attached hydrogen (secondary N) is 3. The molecule has 3 rings (SSSR count). The van der Waals surface area contributed by atoms with Crippen LogP contribution in [0, 0.1) is 6.92 Å². The number of anilines is 2. The van der Waals surface area contributed by atoms with Gasteiger partial charge in [-0.2, -0.15) is 4.72 Å². The van der Waals surface area contributed by atoms with E-state index in [-0.39, 0.29) is 4.90 Å². The Morgan fingerprint density at radius 1 is 1.24 bits per heavy atom. The lowest BCUT2D eigenvalue weighted by Crippen LogP contribution is -2.51. The average Bonchev–Trinajstić information content (AvgIpc) is 2.53. The number of hydrogen-bond acceptors (Lipinski definition) is 5. The molecule has 9 heteroatoms. The highest BCUT2D eigenvalue weighted by atomic mass is 35.5. The molecule has 3 N–H and O–H groups in total. The van der Waals surface area contributed by atoms with Crippen LogP contribution in [0.25, 0.3) is 0 Å². The van der Waals surface area contributed by atoms with E-state index in [1.165, 1.54) is 19.2 Å². The summed E-state index contributed by atoms with van der Waals surface area (Å²) < 4.78 is 32.2. The molecule has 1 atom stereocenters. The first-order chi connectivity index (χ1) is 11.8. The minimum atomic E-state index is -3.80. The van der Waals surface area contributed by atoms with E-state index < -0.39 is 22.1 Å². The van der Waals surface area contributed by atoms with Gasteiger partial charge in [-0.15, -0.1) is 0 Å². The molecule has 25 heavy (non-hydrogen) atoms. The van der Waals surface area contributed by atoms with Crippen LogP contribution in [0.3, 0.4) is 0 Å². The number of hydrogen-bond donors (Lipinski definition) is 3. The molecular weight excluding hydrogens is 366 g/mol. The fourth-order valence-corrected chi connectivity index (χ4v) is 3.93. The summed E-state index contributed by atoms with van der Waals surface area (Å²) in [6.45, 7) is 1.84. The molecule has 0 saturated carbocycles. The van der Waals surface area contributed by atoms with Crippen molar-refractivity contribution < 1.29 is 17.9 Å². The zero-order valence-corrected chi connectivity index (χ0v) is 15.0. The molecule has 0 unspecified atom stereocenters. The maximum atomic E-state index is 12.5. The van der Waals surface area contributed by atoms with Gasteiger partial charge in [0.25, 0.3) is 5.91 Å². The number of carbonyl (C=O) groups excluding carboxylic acids is 1. The molecule has 1 heterocycles. The second kappa shape index (κ2) is 6.55. The highest BCUT2D eigenvalue weighted by Crippen LogP contribution is 2.30. The third-order valence-electron chi connectivity index (χ3n) is 3.68. The Morgan fingerprint density at radius 3 is 2.72 bits per heavy atom. The van der Waals surface area contributed by atoms with Crippen molar-refractivity contribution in [3.05, 3.63) is 47.0 Å². The van der Waals surface area contributed by atoms with Gasteiger partial charge >= 0.3 is 0 Å². The summed E-state index contributed by atoms with van der Waals surface area (Å²) in [5.74, 6) is -0.177. The Labute approximate surface area is 150 Å². The summed E-state index contributed by atoms with van der Waals surface area (Å²) in [6.07, 6.45) is -1.16. The Balaban J connectivity index is 1.88. The largest absolute Gasteiger partial charge is 0.495 e. The number of rotatable bonds is 3. The number of amides is 1. The van der Waals surface area contributed by atoms with Crippen molar-refractivity contribution in [3.63, 3.8) is 0 Å². The van der Waals surface area contributed by atoms with Crippen molar-refractivity contribution in [3.8, 4) is 5.75 Å². The summed E-state index contributed by atoms with van der Waals surface area (Å²) in [7, 11) is -2.34. The fourth-order valence-electron chi connectivity index (χ4n) is 2.50. The molecule has 0 radical (unpaired) electrons. The summed E-state index contributed by atoms with van der Waals surface area (Å²) >= 11 is 5.94. The lowest BCUT2D eigenvalue weighted by Gasteiger charge is -2.27. The molecule has 132 valence electrons. The topological polar surface area (TPSA) is 96.5 Å². The molecule has 0 fully saturated rings. The summed E-state index contributed by atoms with van der Waals surface area (Å²) in [4.78, 5) is 12.6. The maximum absolute atomic E-state index is 12.5. The number of halogens is 1. The van der Waals surface area contributed by atoms with E-state index in [1.807, 2.05) is 6.92 Å². The second-order valence-electron chi connectivity index (χ2n) is 5.53. The minimum absolute atomic E-state index is 0.0995. The van der Waals surface area contributed by atoms with Gasteiger partial charge in [0.2, 0.25) is 10.0 Å². The highest BCUT2D eigenvalue weighted by molar-refractivity contribution is 7.89. The van der Waals surface area contributed by atoms with Gasteiger partial charge in [-0.3, -0.25) is 4.79 Å². The molecule has 0 aliphatic carbocycles. The predicted molar refractivity (Wildman–Crippen MR) is 95.5 cm³/mol. The number of ether oxygens (including phenoxy) is 1. The number of sulfonamides is 1. The van der Waals surface area contributed by atoms with Gasteiger partial charge in [0.05, 0.1) is 18.5 Å². The van der Waals surface area contributed by atoms with E-state index >= 15 is 0 Å². The van der Waals surface area contributed by atoms with Crippen molar-refractivity contribution in [1.29, 1.82) is 0 Å². The first kappa shape index (κ1) is 17.5. The fraction of sp³-hybridized carbons (Fsp3) is 0.188. The summed E-state index contributed by atoms with van der Waals surface area (Å²) in [5.41, 5.74) is 1.59. The molecule has 0 saturated heterocycles. The van der Waals surface area contributed by atoms with E-state index in [0.717, 1.165) is 5.56 Å². The monoisotopic (exact) mass is 381 g/mol. The molecular formula is C16H16ClN3O4S. The molecule has 1 aliphatic rings. The number of methoxy groups -OCH3 is 1. The third-order valence-corrected chi connectivity index (χ3v) is 5.40. The number of carbonyl (C=O) groups is 1. The van der Waals surface area contributed by atoms with E-state index in [0.29, 0.717) is 22.1 Å². The quantitative estimate of drug-likeness (QED) is 0.758. The number of aryl methyl sites for hydroxylation is 1. The Kier molecular flexibility index (Phi) is 4.59. The Morgan fingerprint density at radius 2 is 2.00 bits per heavy atom. The van der Waals surface area contributed by atoms with Crippen molar-refractivity contribution >= 4 is 38.9 Å². The molecule has 1 aliphatic heterocycles. The van der Waals surface area contributed by atoms with E-state index in [2.05, 4.69) is 15.4 Å². The van der Waals surface area contributed by atoms with Crippen LogP contribution in [0.5, 0.6) is 5.75 Å². The minimum Gasteiger partial charge on any atom is -0.495 e. The second-order valence-corrected chi connectivity index (χ2v) is 7.65. The standard InChI is InChI=1S/C16H16ClN3O4S/c1-9-3-6-14-12(7-9)18-15(20-25(14,22)23)16(21)19-11-8-10(17)4-5-13(11)24-2/h3-8,15,18,20H,1-2H3,(H,19,21)/t15-/m0/s1. The smallest absolute Gasteiger partial charge is 0.263 e. The lowest BCUT2D eigenvalue weighted by molar-refractivity contribution is -0.117. The van der Waals surface area contributed by atoms with Crippen molar-refractivity contribution in [2.24, 2.45) is 0 Å². The third kappa shape index (κ3) is 3.55. The van der Waals surface area contributed by atoms with Gasteiger partial charge in [-0.1, -0.05) is 17.7 Å². The molecule has 0 aromatic heterocycles. The van der Waals surface area contributed by atoms with Crippen LogP contribution in [-0.2, 0) is 14.8 Å². The summed E-state index contributed by atoms with van der Waals surface area (Å²) in [5, 5.41) is 5.92. The van der Waals surface area contributed by atoms with Gasteiger partial charge in [-0.25, -0.2) is 8.42 Å². The number of fused-ring (bicyclic) bond motifs is 1. The Hall–Kier alpha value is -2.29. The first-order valence-electron chi connectivity index (χ1n) is 7.34. The zero-order chi connectivity index (χ0) is 18.2. The molecule has 7 nitrogen and oxygen atoms in total. The lowest BCUT2D eigenvalue weighted by atomic mass is 10.2. The van der Waals surface area contributed by atoms with Crippen LogP contribution in [-0.4, -0.2) is 27.6 Å². The van der Waals surface area contributed by atoms with Crippen LogP contribution in [0.2, 0.25) is 5.02 Å². The van der Waals surface area contributed by atoms with E-state index in [4.69, 9.17) is 16.3 Å². The van der Waals surface area contributed by atoms with Gasteiger partial charge in [0, 0.05) is 5.02 Å². The first-order valence-corrected chi connectivity index (χ1v) is 9.20. The van der Waals surface area contributed by atoms with Gasteiger partial charge in [-0.05, 0) is 42.8 Å². The number of benzene rings is 2. The normalized spacial score (nSPS) is 18.0. The SMILES string of the molecule is COc1ccc(Cl)cc1NC(=O)[C@H]1Nc2cc(C)ccc2S(=O)(=O)N1. The van der Waals surface area contributed by atoms with E-state index in [1.54, 1.807) is 24.3 Å². The van der Waals surface area contributed by atoms with Crippen LogP contribution >= 0.6 is 11.6 Å². The Bertz CT molecular complexity index is 946. The van der Waals surface area contributed by atoms with E-state index in [9.17, 15) is 13.2 Å². The maximum Gasteiger partial charge on any atom is 0.263 e. The summed E-state index contributed by atoms with van der Waals surface area (Å²) in [6, 6.07) is 9.61. The van der Waals surface area contributed by atoms with Crippen molar-refractivity contribution in [2.45, 2.75) is 18.0 Å². The highest BCUT2D eigenvalue weighted by Gasteiger charge is 2.33. The molecule has 2 aromatic carbocycles. The average molecular weight is 382 g/mol. The van der Waals surface area contributed by atoms with Gasteiger partial charge < -0.3 is 15.4 Å². The van der Waals surface area contributed by atoms with Crippen LogP contribution in [0.15, 0.2) is 41.3 Å². The zero-order valence-electron chi connectivity index (χ0n) is 13.5. The van der Waals surface area contributed by atoms with Crippen LogP contribution in [0.4, 0.5) is 11.4 Å². The predicted octanol–water partition coefficient (Wildman–Crippen LogP) is 2.33. The van der Waals surface area contributed by atoms with Crippen molar-refractivity contribution in [1.82, 2.24) is 4.72 Å². The molecule has 2 aromatic rings. The van der Waals surface area contributed by atoms with Gasteiger partial charge in [0.1, 0.15) is 10.6 Å². The molecule has 0 spiro atoms. The molecule has 0 bridgehead atoms. The van der Waals surface area contributed by atoms with Gasteiger partial charge in [0.15, 0.2) is 6.17 Å². The van der Waals surface area contributed by atoms with Crippen LogP contribution < -0.4 is 20.1 Å². The van der Waals surface area contributed by atoms with Crippen molar-refractivity contribution in [2.75, 3.05) is 17.7 Å². The van der Waals surface area contributed by atoms with Crippen LogP contribution in [0.1, 0.15) is 5.56 Å². The molecule has 1 amide bonds.